The molecule has 0 atom stereocenters. The van der Waals surface area contributed by atoms with E-state index in [1.165, 1.54) is 80.4 Å². The Balaban J connectivity index is 1.17. The van der Waals surface area contributed by atoms with E-state index < -0.39 is 16.1 Å². The Hall–Kier alpha value is -7.13. The highest BCUT2D eigenvalue weighted by Gasteiger charge is 2.29. The van der Waals surface area contributed by atoms with E-state index in [9.17, 15) is 0 Å². The van der Waals surface area contributed by atoms with Crippen molar-refractivity contribution in [2.45, 2.75) is 77.3 Å². The molecule has 1 fully saturated rings. The Bertz CT molecular complexity index is 3720. The summed E-state index contributed by atoms with van der Waals surface area (Å²) in [6, 6.07) is 66.1. The number of hydrogen-bond donors (Lipinski definition) is 0. The largest absolute Gasteiger partial charge is 0.454 e. The quantitative estimate of drug-likeness (QED) is 0.107. The van der Waals surface area contributed by atoms with E-state index in [-0.39, 0.29) is 0 Å². The van der Waals surface area contributed by atoms with Gasteiger partial charge in [0.25, 0.3) is 0 Å². The number of anilines is 6. The summed E-state index contributed by atoms with van der Waals surface area (Å²) >= 11 is 0. The summed E-state index contributed by atoms with van der Waals surface area (Å²) in [5, 5.41) is 14.9. The first kappa shape index (κ1) is 42.9. The Morgan fingerprint density at radius 1 is 0.386 bits per heavy atom. The molecule has 344 valence electrons. The minimum atomic E-state index is -1.62. The van der Waals surface area contributed by atoms with Gasteiger partial charge in [0.1, 0.15) is 11.2 Å². The van der Waals surface area contributed by atoms with E-state index in [0.717, 1.165) is 78.0 Å². The molecule has 0 radical (unpaired) electrons. The summed E-state index contributed by atoms with van der Waals surface area (Å²) in [6.45, 7) is 14.6. The van der Waals surface area contributed by atoms with Crippen LogP contribution in [0.3, 0.4) is 0 Å². The van der Waals surface area contributed by atoms with Crippen molar-refractivity contribution in [2.75, 3.05) is 9.80 Å². The SMILES string of the molecule is C[Si](C)(C)c1ccc(N(c2cc(N(c3ccc([Si](C)(C)C)cc3)c3cccc4c3oc3ccccc34)c3ccc4cc(C5CCCCC5)cc5ccc2c3c54)c2cccc3c2oc2ccccc23)cc1. The third-order valence-corrected chi connectivity index (χ3v) is 19.6. The number of nitrogens with zero attached hydrogens (tertiary/aromatic N) is 2. The van der Waals surface area contributed by atoms with Gasteiger partial charge in [0.15, 0.2) is 11.2 Å². The molecule has 1 aliphatic carbocycles. The van der Waals surface area contributed by atoms with E-state index in [2.05, 4.69) is 225 Å². The fraction of sp³-hybridized carbons (Fsp3) is 0.188. The molecule has 13 rings (SSSR count). The lowest BCUT2D eigenvalue weighted by atomic mass is 9.82. The fourth-order valence-electron chi connectivity index (χ4n) is 11.8. The Labute approximate surface area is 412 Å². The van der Waals surface area contributed by atoms with Gasteiger partial charge < -0.3 is 18.6 Å². The second-order valence-electron chi connectivity index (χ2n) is 22.0. The molecule has 0 aliphatic heterocycles. The maximum absolute atomic E-state index is 6.96. The number of rotatable bonds is 9. The normalized spacial score (nSPS) is 14.1. The smallest absolute Gasteiger partial charge is 0.159 e. The zero-order valence-electron chi connectivity index (χ0n) is 41.1. The van der Waals surface area contributed by atoms with Crippen LogP contribution in [0.2, 0.25) is 39.3 Å². The fourth-order valence-corrected chi connectivity index (χ4v) is 14.1. The molecule has 10 aromatic carbocycles. The van der Waals surface area contributed by atoms with Crippen LogP contribution in [-0.2, 0) is 0 Å². The summed E-state index contributed by atoms with van der Waals surface area (Å²) in [5.41, 5.74) is 11.3. The Morgan fingerprint density at radius 3 is 1.29 bits per heavy atom. The van der Waals surface area contributed by atoms with E-state index in [1.54, 1.807) is 0 Å². The zero-order valence-corrected chi connectivity index (χ0v) is 43.1. The molecule has 0 unspecified atom stereocenters. The third kappa shape index (κ3) is 6.98. The topological polar surface area (TPSA) is 32.8 Å². The van der Waals surface area contributed by atoms with Crippen LogP contribution >= 0.6 is 0 Å². The van der Waals surface area contributed by atoms with Crippen molar-refractivity contribution in [1.29, 1.82) is 0 Å². The highest BCUT2D eigenvalue weighted by molar-refractivity contribution is 6.89. The summed E-state index contributed by atoms with van der Waals surface area (Å²) in [7, 11) is -3.24. The summed E-state index contributed by atoms with van der Waals surface area (Å²) in [5.74, 6) is 0.597. The molecule has 0 bridgehead atoms. The Morgan fingerprint density at radius 2 is 0.829 bits per heavy atom. The lowest BCUT2D eigenvalue weighted by Gasteiger charge is -2.33. The monoisotopic (exact) mass is 942 g/mol. The molecular formula is C64H58N2O2Si2. The average molecular weight is 943 g/mol. The number of furan rings is 2. The number of fused-ring (bicyclic) bond motifs is 6. The summed E-state index contributed by atoms with van der Waals surface area (Å²) < 4.78 is 13.9. The van der Waals surface area contributed by atoms with Crippen LogP contribution in [0.25, 0.3) is 76.2 Å². The van der Waals surface area contributed by atoms with E-state index in [4.69, 9.17) is 8.83 Å². The second-order valence-corrected chi connectivity index (χ2v) is 32.1. The zero-order chi connectivity index (χ0) is 47.5. The number of hydrogen-bond acceptors (Lipinski definition) is 4. The van der Waals surface area contributed by atoms with Gasteiger partial charge in [-0.15, -0.1) is 0 Å². The van der Waals surface area contributed by atoms with Gasteiger partial charge in [-0.05, 0) is 95.1 Å². The van der Waals surface area contributed by atoms with Crippen molar-refractivity contribution in [3.63, 3.8) is 0 Å². The van der Waals surface area contributed by atoms with E-state index in [0.29, 0.717) is 5.92 Å². The first-order valence-corrected chi connectivity index (χ1v) is 32.4. The van der Waals surface area contributed by atoms with Crippen molar-refractivity contribution in [1.82, 2.24) is 0 Å². The van der Waals surface area contributed by atoms with Crippen molar-refractivity contribution in [3.8, 4) is 0 Å². The molecule has 4 nitrogen and oxygen atoms in total. The first-order valence-electron chi connectivity index (χ1n) is 25.4. The van der Waals surface area contributed by atoms with E-state index in [1.807, 2.05) is 0 Å². The highest BCUT2D eigenvalue weighted by Crippen LogP contribution is 2.53. The molecule has 70 heavy (non-hydrogen) atoms. The molecule has 1 saturated carbocycles. The molecule has 0 saturated heterocycles. The van der Waals surface area contributed by atoms with E-state index >= 15 is 0 Å². The minimum absolute atomic E-state index is 0.597. The molecule has 6 heteroatoms. The molecule has 12 aromatic rings. The summed E-state index contributed by atoms with van der Waals surface area (Å²) in [6.07, 6.45) is 6.48. The molecule has 1 aliphatic rings. The van der Waals surface area contributed by atoms with Crippen LogP contribution in [0.1, 0.15) is 43.6 Å². The minimum Gasteiger partial charge on any atom is -0.454 e. The van der Waals surface area contributed by atoms with Crippen molar-refractivity contribution in [3.05, 3.63) is 181 Å². The van der Waals surface area contributed by atoms with Crippen LogP contribution < -0.4 is 20.2 Å². The number of benzene rings is 10. The van der Waals surface area contributed by atoms with Gasteiger partial charge >= 0.3 is 0 Å². The molecule has 0 amide bonds. The van der Waals surface area contributed by atoms with Crippen LogP contribution in [0.5, 0.6) is 0 Å². The third-order valence-electron chi connectivity index (χ3n) is 15.5. The Kier molecular flexibility index (Phi) is 9.95. The molecule has 2 heterocycles. The molecular weight excluding hydrogens is 885 g/mol. The van der Waals surface area contributed by atoms with Gasteiger partial charge in [-0.2, -0.15) is 0 Å². The van der Waals surface area contributed by atoms with Gasteiger partial charge in [-0.1, -0.05) is 190 Å². The molecule has 0 N–H and O–H groups in total. The van der Waals surface area contributed by atoms with Crippen LogP contribution in [-0.4, -0.2) is 16.1 Å². The first-order chi connectivity index (χ1) is 34.0. The standard InChI is InChI=1S/C64H58N2O2Si2/c1-69(2,3)47-32-28-45(29-33-47)65(55-22-14-20-51-49-18-10-12-24-59(49)67-63(51)55)57-40-58(54-37-27-43-39-44(41-16-8-7-9-17-41)38-42-26-36-53(57)62(54)61(42)43)66(46-30-34-48(35-31-46)70(4,5)6)56-23-15-21-52-50-19-11-13-25-60(50)68-64(52)56/h10-15,18-41H,7-9,16-17H2,1-6H3. The lowest BCUT2D eigenvalue weighted by molar-refractivity contribution is 0.444. The highest BCUT2D eigenvalue weighted by atomic mass is 28.3. The predicted octanol–water partition coefficient (Wildman–Crippen LogP) is 18.5. The lowest BCUT2D eigenvalue weighted by Crippen LogP contribution is -2.37. The summed E-state index contributed by atoms with van der Waals surface area (Å²) in [4.78, 5) is 4.96. The van der Waals surface area contributed by atoms with Gasteiger partial charge in [-0.25, -0.2) is 0 Å². The predicted molar refractivity (Wildman–Crippen MR) is 306 cm³/mol. The molecule has 0 spiro atoms. The van der Waals surface area contributed by atoms with Crippen molar-refractivity contribution < 1.29 is 8.83 Å². The second kappa shape index (κ2) is 16.2. The van der Waals surface area contributed by atoms with Crippen LogP contribution in [0.15, 0.2) is 185 Å². The maximum Gasteiger partial charge on any atom is 0.159 e. The van der Waals surface area contributed by atoms with Crippen molar-refractivity contribution >= 4 is 137 Å². The average Bonchev–Trinajstić information content (AvgIpc) is 3.96. The van der Waals surface area contributed by atoms with Crippen LogP contribution in [0, 0.1) is 0 Å². The number of para-hydroxylation sites is 4. The molecule has 2 aromatic heterocycles. The van der Waals surface area contributed by atoms with Gasteiger partial charge in [0.2, 0.25) is 0 Å². The van der Waals surface area contributed by atoms with Gasteiger partial charge in [-0.3, -0.25) is 0 Å². The van der Waals surface area contributed by atoms with Gasteiger partial charge in [0, 0.05) is 49.1 Å². The maximum atomic E-state index is 6.96. The van der Waals surface area contributed by atoms with Crippen LogP contribution in [0.4, 0.5) is 34.1 Å². The van der Waals surface area contributed by atoms with Crippen molar-refractivity contribution in [2.24, 2.45) is 0 Å². The van der Waals surface area contributed by atoms with Gasteiger partial charge in [0.05, 0.1) is 38.9 Å².